The van der Waals surface area contributed by atoms with E-state index in [9.17, 15) is 4.79 Å². The molecular weight excluding hydrogens is 430 g/mol. The van der Waals surface area contributed by atoms with Gasteiger partial charge in [-0.2, -0.15) is 0 Å². The molecule has 3 aromatic rings. The van der Waals surface area contributed by atoms with Crippen LogP contribution in [0.15, 0.2) is 58.5 Å². The average Bonchev–Trinajstić information content (AvgIpc) is 3.10. The molecule has 2 aromatic carbocycles. The smallest absolute Gasteiger partial charge is 0.336 e. The third kappa shape index (κ3) is 3.79. The first-order chi connectivity index (χ1) is 16.0. The summed E-state index contributed by atoms with van der Waals surface area (Å²) in [7, 11) is 2.22. The van der Waals surface area contributed by atoms with Crippen LogP contribution in [0.5, 0.6) is 0 Å². The number of hydrogen-bond donors (Lipinski definition) is 2. The molecule has 0 saturated heterocycles. The zero-order valence-electron chi connectivity index (χ0n) is 19.5. The summed E-state index contributed by atoms with van der Waals surface area (Å²) in [4.78, 5) is 18.5. The van der Waals surface area contributed by atoms with E-state index in [1.54, 1.807) is 11.8 Å². The summed E-state index contributed by atoms with van der Waals surface area (Å²) in [6.45, 7) is 6.41. The van der Waals surface area contributed by atoms with Gasteiger partial charge in [-0.05, 0) is 80.8 Å². The highest BCUT2D eigenvalue weighted by molar-refractivity contribution is 7.99. The van der Waals surface area contributed by atoms with E-state index in [1.807, 2.05) is 47.7 Å². The van der Waals surface area contributed by atoms with Gasteiger partial charge in [0.25, 0.3) is 0 Å². The maximum Gasteiger partial charge on any atom is 0.336 e. The number of urea groups is 1. The molecule has 5 rings (SSSR count). The SMILES string of the molecule is CCN(CC)C(=O)Nn1c(Sc2ccc(N)cc2)c2c3c(cccc31)C1=CCCN(C)[C@@H]1C2. The molecule has 0 unspecified atom stereocenters. The van der Waals surface area contributed by atoms with Crippen LogP contribution >= 0.6 is 11.8 Å². The molecule has 7 heteroatoms. The highest BCUT2D eigenvalue weighted by Crippen LogP contribution is 2.46. The molecule has 2 aliphatic rings. The molecule has 1 aromatic heterocycles. The fraction of sp³-hybridized carbons (Fsp3) is 0.346. The van der Waals surface area contributed by atoms with Gasteiger partial charge in [-0.25, -0.2) is 14.9 Å². The lowest BCUT2D eigenvalue weighted by molar-refractivity contribution is 0.214. The minimum Gasteiger partial charge on any atom is -0.399 e. The number of nitrogens with two attached hydrogens (primary N) is 1. The molecule has 0 spiro atoms. The summed E-state index contributed by atoms with van der Waals surface area (Å²) >= 11 is 1.69. The average molecular weight is 462 g/mol. The molecule has 1 aliphatic carbocycles. The number of carbonyl (C=O) groups excluding carboxylic acids is 1. The third-order valence-corrected chi connectivity index (χ3v) is 7.97. The van der Waals surface area contributed by atoms with E-state index < -0.39 is 0 Å². The molecule has 1 atom stereocenters. The molecule has 2 heterocycles. The summed E-state index contributed by atoms with van der Waals surface area (Å²) in [5.41, 5.74) is 14.9. The van der Waals surface area contributed by atoms with Gasteiger partial charge in [-0.3, -0.25) is 4.90 Å². The molecule has 3 N–H and O–H groups in total. The van der Waals surface area contributed by atoms with Gasteiger partial charge in [-0.1, -0.05) is 30.0 Å². The number of nitrogens with zero attached hydrogens (tertiary/aromatic N) is 3. The van der Waals surface area contributed by atoms with Crippen LogP contribution in [-0.4, -0.2) is 53.2 Å². The number of carbonyl (C=O) groups is 1. The van der Waals surface area contributed by atoms with Crippen molar-refractivity contribution in [2.24, 2.45) is 0 Å². The molecular formula is C26H31N5OS. The summed E-state index contributed by atoms with van der Waals surface area (Å²) in [6, 6.07) is 14.7. The van der Waals surface area contributed by atoms with Crippen LogP contribution < -0.4 is 11.2 Å². The lowest BCUT2D eigenvalue weighted by Crippen LogP contribution is -2.39. The van der Waals surface area contributed by atoms with Crippen LogP contribution in [0.1, 0.15) is 31.4 Å². The van der Waals surface area contributed by atoms with E-state index in [2.05, 4.69) is 41.6 Å². The Labute approximate surface area is 199 Å². The van der Waals surface area contributed by atoms with Crippen molar-refractivity contribution in [3.8, 4) is 0 Å². The minimum absolute atomic E-state index is 0.0824. The van der Waals surface area contributed by atoms with E-state index >= 15 is 0 Å². The summed E-state index contributed by atoms with van der Waals surface area (Å²) in [6.07, 6.45) is 4.41. The number of fused-ring (bicyclic) bond motifs is 2. The first-order valence-electron chi connectivity index (χ1n) is 11.7. The second-order valence-electron chi connectivity index (χ2n) is 8.73. The largest absolute Gasteiger partial charge is 0.399 e. The van der Waals surface area contributed by atoms with E-state index in [0.29, 0.717) is 19.1 Å². The lowest BCUT2D eigenvalue weighted by Gasteiger charge is -2.37. The van der Waals surface area contributed by atoms with Crippen LogP contribution in [0.2, 0.25) is 0 Å². The fourth-order valence-corrected chi connectivity index (χ4v) is 6.11. The van der Waals surface area contributed by atoms with E-state index in [-0.39, 0.29) is 6.03 Å². The van der Waals surface area contributed by atoms with Gasteiger partial charge in [0.2, 0.25) is 0 Å². The predicted octanol–water partition coefficient (Wildman–Crippen LogP) is 5.02. The van der Waals surface area contributed by atoms with Crippen molar-refractivity contribution in [3.05, 3.63) is 59.7 Å². The maximum atomic E-state index is 13.1. The normalized spacial score (nSPS) is 17.5. The molecule has 0 bridgehead atoms. The third-order valence-electron chi connectivity index (χ3n) is 6.84. The highest BCUT2D eigenvalue weighted by Gasteiger charge is 2.34. The quantitative estimate of drug-likeness (QED) is 0.524. The monoisotopic (exact) mass is 461 g/mol. The highest BCUT2D eigenvalue weighted by atomic mass is 32.2. The first-order valence-corrected chi connectivity index (χ1v) is 12.5. The zero-order valence-corrected chi connectivity index (χ0v) is 20.3. The van der Waals surface area contributed by atoms with Crippen LogP contribution in [0.3, 0.4) is 0 Å². The summed E-state index contributed by atoms with van der Waals surface area (Å²) < 4.78 is 2.01. The second-order valence-corrected chi connectivity index (χ2v) is 9.79. The van der Waals surface area contributed by atoms with E-state index in [1.165, 1.54) is 22.1 Å². The Morgan fingerprint density at radius 2 is 1.94 bits per heavy atom. The van der Waals surface area contributed by atoms with Crippen LogP contribution in [0, 0.1) is 0 Å². The van der Waals surface area contributed by atoms with Gasteiger partial charge in [-0.15, -0.1) is 0 Å². The molecule has 33 heavy (non-hydrogen) atoms. The first kappa shape index (κ1) is 21.9. The van der Waals surface area contributed by atoms with Gasteiger partial charge >= 0.3 is 6.03 Å². The Kier molecular flexibility index (Phi) is 5.85. The topological polar surface area (TPSA) is 66.5 Å². The number of anilines is 1. The summed E-state index contributed by atoms with van der Waals surface area (Å²) in [5.74, 6) is 0. The lowest BCUT2D eigenvalue weighted by atomic mass is 9.82. The van der Waals surface area contributed by atoms with Crippen molar-refractivity contribution >= 4 is 40.0 Å². The molecule has 0 radical (unpaired) electrons. The van der Waals surface area contributed by atoms with Gasteiger partial charge in [0.15, 0.2) is 0 Å². The molecule has 1 aliphatic heterocycles. The standard InChI is InChI=1S/C26H31N5OS/c1-4-30(5-2)26(32)28-31-22-10-6-8-20-19-9-7-15-29(3)23(19)16-21(24(20)22)25(31)33-18-13-11-17(27)12-14-18/h6,8-14,23H,4-5,7,15-16,27H2,1-3H3,(H,28,32)/t23-/m1/s1. The van der Waals surface area contributed by atoms with Crippen LogP contribution in [-0.2, 0) is 6.42 Å². The number of aromatic nitrogens is 1. The number of hydrogen-bond acceptors (Lipinski definition) is 4. The maximum absolute atomic E-state index is 13.1. The van der Waals surface area contributed by atoms with Crippen molar-refractivity contribution in [1.29, 1.82) is 0 Å². The number of nitrogens with one attached hydrogen (secondary N) is 1. The molecule has 2 amide bonds. The van der Waals surface area contributed by atoms with Gasteiger partial charge in [0.1, 0.15) is 5.03 Å². The predicted molar refractivity (Wildman–Crippen MR) is 137 cm³/mol. The number of rotatable bonds is 5. The summed E-state index contributed by atoms with van der Waals surface area (Å²) in [5, 5.41) is 2.33. The van der Waals surface area contributed by atoms with E-state index in [4.69, 9.17) is 5.73 Å². The van der Waals surface area contributed by atoms with Crippen molar-refractivity contribution in [3.63, 3.8) is 0 Å². The fourth-order valence-electron chi connectivity index (χ4n) is 5.07. The molecule has 0 fully saturated rings. The molecule has 172 valence electrons. The number of likely N-dealkylation sites (N-methyl/N-ethyl adjacent to an activating group) is 1. The van der Waals surface area contributed by atoms with Gasteiger partial charge < -0.3 is 10.6 Å². The van der Waals surface area contributed by atoms with Crippen molar-refractivity contribution in [2.45, 2.75) is 42.7 Å². The van der Waals surface area contributed by atoms with Crippen LogP contribution in [0.4, 0.5) is 10.5 Å². The number of benzene rings is 2. The Morgan fingerprint density at radius 3 is 2.67 bits per heavy atom. The van der Waals surface area contributed by atoms with Crippen LogP contribution in [0.25, 0.3) is 16.5 Å². The van der Waals surface area contributed by atoms with E-state index in [0.717, 1.165) is 40.5 Å². The van der Waals surface area contributed by atoms with Crippen molar-refractivity contribution < 1.29 is 4.79 Å². The Balaban J connectivity index is 1.69. The Morgan fingerprint density at radius 1 is 1.18 bits per heavy atom. The van der Waals surface area contributed by atoms with Crippen molar-refractivity contribution in [1.82, 2.24) is 14.5 Å². The van der Waals surface area contributed by atoms with Gasteiger partial charge in [0, 0.05) is 41.6 Å². The molecule has 6 nitrogen and oxygen atoms in total. The Hall–Kier alpha value is -2.90. The number of amides is 2. The van der Waals surface area contributed by atoms with Gasteiger partial charge in [0.05, 0.1) is 5.52 Å². The zero-order chi connectivity index (χ0) is 23.1. The minimum atomic E-state index is -0.0824. The Bertz CT molecular complexity index is 1230. The number of nitrogen functional groups attached to an aromatic ring is 1. The van der Waals surface area contributed by atoms with Crippen molar-refractivity contribution in [2.75, 3.05) is 37.8 Å². The molecule has 0 saturated carbocycles. The second kappa shape index (κ2) is 8.80.